The first-order chi connectivity index (χ1) is 6.06. The molecular formula is C6H6N2O4S. The number of rotatable bonds is 2. The van der Waals surface area contributed by atoms with Gasteiger partial charge in [0.2, 0.25) is 5.01 Å². The van der Waals surface area contributed by atoms with Crippen molar-refractivity contribution in [1.82, 2.24) is 4.98 Å². The first kappa shape index (κ1) is 9.46. The molecule has 0 atom stereocenters. The molecule has 0 amide bonds. The molecular weight excluding hydrogens is 196 g/mol. The van der Waals surface area contributed by atoms with Crippen LogP contribution < -0.4 is 5.73 Å². The molecule has 1 rings (SSSR count). The minimum absolute atomic E-state index is 0.0456. The van der Waals surface area contributed by atoms with E-state index in [4.69, 9.17) is 10.8 Å². The molecule has 0 unspecified atom stereocenters. The van der Waals surface area contributed by atoms with Gasteiger partial charge in [-0.05, 0) is 0 Å². The number of nitrogen functional groups attached to an aromatic ring is 1. The van der Waals surface area contributed by atoms with E-state index < -0.39 is 11.9 Å². The smallest absolute Gasteiger partial charge is 0.365 e. The fourth-order valence-corrected chi connectivity index (χ4v) is 1.32. The van der Waals surface area contributed by atoms with Gasteiger partial charge in [0.05, 0.1) is 7.11 Å². The van der Waals surface area contributed by atoms with E-state index in [9.17, 15) is 9.59 Å². The summed E-state index contributed by atoms with van der Waals surface area (Å²) in [6.45, 7) is 0. The summed E-state index contributed by atoms with van der Waals surface area (Å²) in [7, 11) is 1.17. The zero-order chi connectivity index (χ0) is 10.0. The van der Waals surface area contributed by atoms with E-state index >= 15 is 0 Å². The summed E-state index contributed by atoms with van der Waals surface area (Å²) in [5, 5.41) is 8.34. The Balaban J connectivity index is 3.10. The van der Waals surface area contributed by atoms with Crippen LogP contribution in [-0.2, 0) is 4.74 Å². The third-order valence-corrected chi connectivity index (χ3v) is 2.09. The molecule has 1 heterocycles. The van der Waals surface area contributed by atoms with E-state index in [2.05, 4.69) is 9.72 Å². The highest BCUT2D eigenvalue weighted by atomic mass is 32.1. The molecule has 0 aliphatic carbocycles. The van der Waals surface area contributed by atoms with Gasteiger partial charge in [-0.15, -0.1) is 0 Å². The maximum absolute atomic E-state index is 10.9. The number of aromatic nitrogens is 1. The van der Waals surface area contributed by atoms with Gasteiger partial charge in [-0.25, -0.2) is 14.6 Å². The van der Waals surface area contributed by atoms with Gasteiger partial charge in [0, 0.05) is 0 Å². The molecule has 1 aromatic rings. The van der Waals surface area contributed by atoms with Gasteiger partial charge >= 0.3 is 11.9 Å². The Morgan fingerprint density at radius 3 is 2.62 bits per heavy atom. The Bertz CT molecular complexity index is 360. The molecule has 13 heavy (non-hydrogen) atoms. The quantitative estimate of drug-likeness (QED) is 0.664. The van der Waals surface area contributed by atoms with Crippen LogP contribution in [0.3, 0.4) is 0 Å². The van der Waals surface area contributed by atoms with Crippen LogP contribution in [0.25, 0.3) is 0 Å². The van der Waals surface area contributed by atoms with Crippen LogP contribution >= 0.6 is 11.3 Å². The van der Waals surface area contributed by atoms with Gasteiger partial charge in [-0.2, -0.15) is 0 Å². The number of anilines is 1. The van der Waals surface area contributed by atoms with E-state index in [1.54, 1.807) is 0 Å². The second-order valence-corrected chi connectivity index (χ2v) is 3.06. The fourth-order valence-electron chi connectivity index (χ4n) is 0.666. The zero-order valence-electron chi connectivity index (χ0n) is 6.60. The molecule has 0 fully saturated rings. The lowest BCUT2D eigenvalue weighted by Gasteiger charge is -1.93. The monoisotopic (exact) mass is 202 g/mol. The van der Waals surface area contributed by atoms with Crippen LogP contribution in [-0.4, -0.2) is 29.1 Å². The molecule has 0 radical (unpaired) electrons. The Hall–Kier alpha value is -1.63. The van der Waals surface area contributed by atoms with Crippen molar-refractivity contribution in [3.8, 4) is 0 Å². The largest absolute Gasteiger partial charge is 0.476 e. The minimum atomic E-state index is -1.22. The predicted molar refractivity (Wildman–Crippen MR) is 44.8 cm³/mol. The SMILES string of the molecule is COC(=O)c1nc(C(=O)O)sc1N. The highest BCUT2D eigenvalue weighted by Crippen LogP contribution is 2.21. The van der Waals surface area contributed by atoms with E-state index in [1.807, 2.05) is 0 Å². The van der Waals surface area contributed by atoms with Crippen molar-refractivity contribution < 1.29 is 19.4 Å². The summed E-state index contributed by atoms with van der Waals surface area (Å²) >= 11 is 0.732. The van der Waals surface area contributed by atoms with Crippen LogP contribution in [0, 0.1) is 0 Å². The summed E-state index contributed by atoms with van der Waals surface area (Å²) in [5.74, 6) is -1.95. The van der Waals surface area contributed by atoms with Crippen molar-refractivity contribution in [1.29, 1.82) is 0 Å². The average molecular weight is 202 g/mol. The van der Waals surface area contributed by atoms with Crippen molar-refractivity contribution in [2.75, 3.05) is 12.8 Å². The highest BCUT2D eigenvalue weighted by Gasteiger charge is 2.19. The Morgan fingerprint density at radius 2 is 2.23 bits per heavy atom. The molecule has 0 spiro atoms. The summed E-state index contributed by atoms with van der Waals surface area (Å²) < 4.78 is 4.34. The molecule has 3 N–H and O–H groups in total. The zero-order valence-corrected chi connectivity index (χ0v) is 7.42. The van der Waals surface area contributed by atoms with Crippen LogP contribution in [0.15, 0.2) is 0 Å². The number of hydrogen-bond donors (Lipinski definition) is 2. The number of esters is 1. The Labute approximate surface area is 77.0 Å². The van der Waals surface area contributed by atoms with Crippen LogP contribution in [0.5, 0.6) is 0 Å². The predicted octanol–water partition coefficient (Wildman–Crippen LogP) is 0.210. The summed E-state index contributed by atoms with van der Waals surface area (Å²) in [6, 6.07) is 0. The lowest BCUT2D eigenvalue weighted by molar-refractivity contribution is 0.0596. The second kappa shape index (κ2) is 3.40. The number of carbonyl (C=O) groups excluding carboxylic acids is 1. The molecule has 0 bridgehead atoms. The second-order valence-electron chi connectivity index (χ2n) is 2.03. The fraction of sp³-hybridized carbons (Fsp3) is 0.167. The number of carbonyl (C=O) groups is 2. The van der Waals surface area contributed by atoms with Gasteiger partial charge in [0.25, 0.3) is 0 Å². The molecule has 0 aliphatic rings. The van der Waals surface area contributed by atoms with Crippen molar-refractivity contribution in [2.24, 2.45) is 0 Å². The van der Waals surface area contributed by atoms with Gasteiger partial charge in [-0.3, -0.25) is 0 Å². The third kappa shape index (κ3) is 1.75. The third-order valence-electron chi connectivity index (χ3n) is 1.22. The first-order valence-corrected chi connectivity index (χ1v) is 3.95. The maximum Gasteiger partial charge on any atom is 0.365 e. The maximum atomic E-state index is 10.9. The van der Waals surface area contributed by atoms with Crippen molar-refractivity contribution >= 4 is 28.3 Å². The average Bonchev–Trinajstić information content (AvgIpc) is 2.46. The number of ether oxygens (including phenoxy) is 1. The number of aromatic carboxylic acids is 1. The molecule has 0 saturated heterocycles. The first-order valence-electron chi connectivity index (χ1n) is 3.14. The number of nitrogens with two attached hydrogens (primary N) is 1. The van der Waals surface area contributed by atoms with Gasteiger partial charge in [-0.1, -0.05) is 11.3 Å². The minimum Gasteiger partial charge on any atom is -0.476 e. The number of nitrogens with zero attached hydrogens (tertiary/aromatic N) is 1. The number of carboxylic acids is 1. The van der Waals surface area contributed by atoms with Gasteiger partial charge in [0.1, 0.15) is 5.00 Å². The highest BCUT2D eigenvalue weighted by molar-refractivity contribution is 7.17. The molecule has 7 heteroatoms. The molecule has 70 valence electrons. The molecule has 6 nitrogen and oxygen atoms in total. The lowest BCUT2D eigenvalue weighted by Crippen LogP contribution is -2.05. The summed E-state index contributed by atoms with van der Waals surface area (Å²) in [4.78, 5) is 24.8. The van der Waals surface area contributed by atoms with Crippen LogP contribution in [0.1, 0.15) is 20.3 Å². The number of thiazole rings is 1. The molecule has 1 aromatic heterocycles. The molecule has 0 aromatic carbocycles. The van der Waals surface area contributed by atoms with E-state index in [-0.39, 0.29) is 15.7 Å². The van der Waals surface area contributed by atoms with Crippen molar-refractivity contribution in [2.45, 2.75) is 0 Å². The Morgan fingerprint density at radius 1 is 1.62 bits per heavy atom. The van der Waals surface area contributed by atoms with Crippen LogP contribution in [0.2, 0.25) is 0 Å². The number of hydrogen-bond acceptors (Lipinski definition) is 6. The standard InChI is InChI=1S/C6H6N2O4S/c1-12-6(11)2-3(7)13-4(8-2)5(9)10/h7H2,1H3,(H,9,10). The van der Waals surface area contributed by atoms with Crippen molar-refractivity contribution in [3.63, 3.8) is 0 Å². The van der Waals surface area contributed by atoms with E-state index in [0.29, 0.717) is 0 Å². The van der Waals surface area contributed by atoms with E-state index in [0.717, 1.165) is 11.3 Å². The van der Waals surface area contributed by atoms with E-state index in [1.165, 1.54) is 7.11 Å². The number of carboxylic acid groups (broad SMARTS) is 1. The topological polar surface area (TPSA) is 103 Å². The molecule has 0 aliphatic heterocycles. The number of methoxy groups -OCH3 is 1. The summed E-state index contributed by atoms with van der Waals surface area (Å²) in [6.07, 6.45) is 0. The van der Waals surface area contributed by atoms with Gasteiger partial charge < -0.3 is 15.6 Å². The van der Waals surface area contributed by atoms with Crippen LogP contribution in [0.4, 0.5) is 5.00 Å². The summed E-state index contributed by atoms with van der Waals surface area (Å²) in [5.41, 5.74) is 5.20. The van der Waals surface area contributed by atoms with Crippen molar-refractivity contribution in [3.05, 3.63) is 10.7 Å². The Kier molecular flexibility index (Phi) is 2.47. The van der Waals surface area contributed by atoms with Gasteiger partial charge in [0.15, 0.2) is 5.69 Å². The molecule has 0 saturated carbocycles. The normalized spacial score (nSPS) is 9.62. The lowest BCUT2D eigenvalue weighted by atomic mass is 10.5.